The molecule has 2 aliphatic heterocycles. The van der Waals surface area contributed by atoms with Gasteiger partial charge in [0.2, 0.25) is 10.0 Å². The topological polar surface area (TPSA) is 133 Å². The van der Waals surface area contributed by atoms with E-state index in [-0.39, 0.29) is 22.8 Å². The van der Waals surface area contributed by atoms with Gasteiger partial charge in [-0.2, -0.15) is 0 Å². The highest BCUT2D eigenvalue weighted by atomic mass is 79.9. The maximum atomic E-state index is 12.6. The Bertz CT molecular complexity index is 1160. The van der Waals surface area contributed by atoms with Crippen LogP contribution in [0.2, 0.25) is 0 Å². The van der Waals surface area contributed by atoms with Gasteiger partial charge in [-0.05, 0) is 30.3 Å². The van der Waals surface area contributed by atoms with Crippen LogP contribution < -0.4 is 14.8 Å². The van der Waals surface area contributed by atoms with Crippen molar-refractivity contribution in [2.45, 2.75) is 29.8 Å². The Labute approximate surface area is 181 Å². The lowest BCUT2D eigenvalue weighted by molar-refractivity contribution is -0.384. The van der Waals surface area contributed by atoms with Gasteiger partial charge in [0.1, 0.15) is 17.0 Å². The van der Waals surface area contributed by atoms with Crippen LogP contribution in [0.3, 0.4) is 0 Å². The van der Waals surface area contributed by atoms with Crippen molar-refractivity contribution in [3.05, 3.63) is 56.5 Å². The van der Waals surface area contributed by atoms with Gasteiger partial charge in [0.05, 0.1) is 21.8 Å². The number of anilines is 1. The molecule has 0 amide bonds. The summed E-state index contributed by atoms with van der Waals surface area (Å²) in [7, 11) is -4.05. The summed E-state index contributed by atoms with van der Waals surface area (Å²) in [5.74, 6) is 0.554. The van der Waals surface area contributed by atoms with Crippen LogP contribution in [-0.2, 0) is 10.0 Å². The van der Waals surface area contributed by atoms with Crippen molar-refractivity contribution < 1.29 is 22.9 Å². The minimum absolute atomic E-state index is 0.0145. The van der Waals surface area contributed by atoms with Crippen molar-refractivity contribution in [1.29, 1.82) is 0 Å². The quantitative estimate of drug-likeness (QED) is 0.510. The summed E-state index contributed by atoms with van der Waals surface area (Å²) in [4.78, 5) is 25.0. The Morgan fingerprint density at radius 1 is 1.17 bits per heavy atom. The van der Waals surface area contributed by atoms with E-state index in [0.29, 0.717) is 42.9 Å². The molecule has 158 valence electrons. The number of carbonyl (C=O) groups excluding carboxylic acids is 1. The van der Waals surface area contributed by atoms with E-state index in [1.54, 1.807) is 23.1 Å². The number of carbonyl (C=O) groups is 1. The molecule has 11 heteroatoms. The molecular formula is C19H18BrN3O6S. The van der Waals surface area contributed by atoms with Crippen molar-refractivity contribution >= 4 is 43.1 Å². The summed E-state index contributed by atoms with van der Waals surface area (Å²) < 4.78 is 30.1. The summed E-state index contributed by atoms with van der Waals surface area (Å²) in [5.41, 5.74) is -0.114. The number of nitrogens with zero attached hydrogens (tertiary/aromatic N) is 2. The lowest BCUT2D eigenvalue weighted by Crippen LogP contribution is -2.51. The smallest absolute Gasteiger partial charge is 0.293 e. The number of halogens is 1. The zero-order valence-electron chi connectivity index (χ0n) is 15.7. The fourth-order valence-corrected chi connectivity index (χ4v) is 4.87. The number of piperidine rings is 1. The van der Waals surface area contributed by atoms with E-state index < -0.39 is 20.5 Å². The highest BCUT2D eigenvalue weighted by Gasteiger charge is 2.43. The number of rotatable bonds is 3. The first-order valence-electron chi connectivity index (χ1n) is 9.16. The predicted octanol–water partition coefficient (Wildman–Crippen LogP) is 3.01. The number of benzene rings is 2. The molecule has 0 bridgehead atoms. The zero-order valence-corrected chi connectivity index (χ0v) is 18.1. The van der Waals surface area contributed by atoms with E-state index in [2.05, 4.69) is 15.9 Å². The molecule has 2 N–H and O–H groups in total. The summed E-state index contributed by atoms with van der Waals surface area (Å²) >= 11 is 3.39. The second kappa shape index (κ2) is 7.33. The number of primary sulfonamides is 1. The molecule has 2 aliphatic rings. The molecule has 2 heterocycles. The first-order chi connectivity index (χ1) is 14.1. The van der Waals surface area contributed by atoms with E-state index in [1.165, 1.54) is 12.1 Å². The zero-order chi connectivity index (χ0) is 21.7. The summed E-state index contributed by atoms with van der Waals surface area (Å²) in [6, 6.07) is 8.94. The molecule has 0 radical (unpaired) electrons. The van der Waals surface area contributed by atoms with Crippen molar-refractivity contribution in [2.24, 2.45) is 5.14 Å². The molecule has 2 aromatic rings. The Kier molecular flexibility index (Phi) is 5.07. The average Bonchev–Trinajstić information content (AvgIpc) is 2.67. The number of nitro groups is 1. The minimum Gasteiger partial charge on any atom is -0.486 e. The van der Waals surface area contributed by atoms with Crippen LogP contribution in [0.5, 0.6) is 5.75 Å². The van der Waals surface area contributed by atoms with Crippen molar-refractivity contribution in [3.63, 3.8) is 0 Å². The molecule has 9 nitrogen and oxygen atoms in total. The molecule has 1 spiro atoms. The standard InChI is InChI=1S/C19H18BrN3O6S/c20-12-1-3-14-17(24)11-19(29-18(14)9-12)5-7-22(8-6-19)15-4-2-13(30(21,27)28)10-16(15)23(25)26/h1-4,9-10H,5-8,11H2,(H2,21,27,28). The molecule has 0 aliphatic carbocycles. The van der Waals surface area contributed by atoms with Gasteiger partial charge in [0.15, 0.2) is 5.78 Å². The first-order valence-corrected chi connectivity index (χ1v) is 11.5. The molecular weight excluding hydrogens is 478 g/mol. The Balaban J connectivity index is 1.58. The van der Waals surface area contributed by atoms with Crippen LogP contribution in [0.15, 0.2) is 45.8 Å². The van der Waals surface area contributed by atoms with E-state index in [0.717, 1.165) is 10.5 Å². The minimum atomic E-state index is -4.05. The molecule has 1 saturated heterocycles. The number of nitrogens with two attached hydrogens (primary N) is 1. The van der Waals surface area contributed by atoms with E-state index >= 15 is 0 Å². The SMILES string of the molecule is NS(=O)(=O)c1ccc(N2CCC3(CC2)CC(=O)c2ccc(Br)cc2O3)c([N+](=O)[O-])c1. The van der Waals surface area contributed by atoms with Gasteiger partial charge in [0.25, 0.3) is 5.69 Å². The van der Waals surface area contributed by atoms with Gasteiger partial charge >= 0.3 is 0 Å². The van der Waals surface area contributed by atoms with Crippen molar-refractivity contribution in [3.8, 4) is 5.75 Å². The van der Waals surface area contributed by atoms with Crippen LogP contribution in [0.1, 0.15) is 29.6 Å². The summed E-state index contributed by atoms with van der Waals surface area (Å²) in [6.07, 6.45) is 1.25. The second-order valence-corrected chi connectivity index (χ2v) is 9.94. The average molecular weight is 496 g/mol. The van der Waals surface area contributed by atoms with Gasteiger partial charge in [-0.1, -0.05) is 15.9 Å². The molecule has 2 aromatic carbocycles. The normalized spacial score (nSPS) is 18.1. The third-order valence-electron chi connectivity index (χ3n) is 5.54. The van der Waals surface area contributed by atoms with Gasteiger partial charge < -0.3 is 9.64 Å². The third kappa shape index (κ3) is 3.80. The Hall–Kier alpha value is -2.50. The van der Waals surface area contributed by atoms with Gasteiger partial charge in [-0.25, -0.2) is 13.6 Å². The number of ether oxygens (including phenoxy) is 1. The summed E-state index contributed by atoms with van der Waals surface area (Å²) in [6.45, 7) is 0.846. The fraction of sp³-hybridized carbons (Fsp3) is 0.316. The van der Waals surface area contributed by atoms with Gasteiger partial charge in [0, 0.05) is 36.5 Å². The molecule has 1 fully saturated rings. The molecule has 0 saturated carbocycles. The largest absolute Gasteiger partial charge is 0.486 e. The number of ketones is 1. The monoisotopic (exact) mass is 495 g/mol. The van der Waals surface area contributed by atoms with Crippen LogP contribution in [0.4, 0.5) is 11.4 Å². The Morgan fingerprint density at radius 3 is 2.50 bits per heavy atom. The number of fused-ring (bicyclic) bond motifs is 1. The number of nitro benzene ring substituents is 1. The van der Waals surface area contributed by atoms with E-state index in [9.17, 15) is 23.3 Å². The molecule has 4 rings (SSSR count). The lowest BCUT2D eigenvalue weighted by Gasteiger charge is -2.44. The van der Waals surface area contributed by atoms with Gasteiger partial charge in [-0.3, -0.25) is 14.9 Å². The third-order valence-corrected chi connectivity index (χ3v) is 6.94. The number of Topliss-reactive ketones (excluding diaryl/α,β-unsaturated/α-hetero) is 1. The fourth-order valence-electron chi connectivity index (χ4n) is 4.00. The maximum absolute atomic E-state index is 12.6. The second-order valence-electron chi connectivity index (χ2n) is 7.47. The molecule has 30 heavy (non-hydrogen) atoms. The Morgan fingerprint density at radius 2 is 1.87 bits per heavy atom. The van der Waals surface area contributed by atoms with Crippen LogP contribution in [-0.4, -0.2) is 37.8 Å². The van der Waals surface area contributed by atoms with Crippen LogP contribution >= 0.6 is 15.9 Å². The number of hydrogen-bond donors (Lipinski definition) is 1. The highest BCUT2D eigenvalue weighted by Crippen LogP contribution is 2.42. The molecule has 0 unspecified atom stereocenters. The predicted molar refractivity (Wildman–Crippen MR) is 112 cm³/mol. The lowest BCUT2D eigenvalue weighted by atomic mass is 9.82. The van der Waals surface area contributed by atoms with Crippen molar-refractivity contribution in [1.82, 2.24) is 0 Å². The van der Waals surface area contributed by atoms with E-state index in [4.69, 9.17) is 9.88 Å². The van der Waals surface area contributed by atoms with Crippen LogP contribution in [0.25, 0.3) is 0 Å². The highest BCUT2D eigenvalue weighted by molar-refractivity contribution is 9.10. The van der Waals surface area contributed by atoms with Gasteiger partial charge in [-0.15, -0.1) is 0 Å². The number of hydrogen-bond acceptors (Lipinski definition) is 7. The van der Waals surface area contributed by atoms with Crippen molar-refractivity contribution in [2.75, 3.05) is 18.0 Å². The van der Waals surface area contributed by atoms with Crippen LogP contribution in [0, 0.1) is 10.1 Å². The van der Waals surface area contributed by atoms with E-state index in [1.807, 2.05) is 0 Å². The molecule has 0 aromatic heterocycles. The first kappa shape index (κ1) is 20.8. The maximum Gasteiger partial charge on any atom is 0.293 e. The number of sulfonamides is 1. The molecule has 0 atom stereocenters. The summed E-state index contributed by atoms with van der Waals surface area (Å²) in [5, 5.41) is 16.6.